The van der Waals surface area contributed by atoms with E-state index in [2.05, 4.69) is 55.6 Å². The molecule has 0 saturated carbocycles. The van der Waals surface area contributed by atoms with Gasteiger partial charge in [-0.1, -0.05) is 93.6 Å². The molecule has 0 aliphatic rings. The van der Waals surface area contributed by atoms with E-state index in [1.807, 2.05) is 24.3 Å². The number of esters is 1. The van der Waals surface area contributed by atoms with Gasteiger partial charge in [0.05, 0.1) is 0 Å². The summed E-state index contributed by atoms with van der Waals surface area (Å²) in [7, 11) is 0. The van der Waals surface area contributed by atoms with E-state index in [1.165, 1.54) is 11.1 Å². The third kappa shape index (κ3) is 8.16. The van der Waals surface area contributed by atoms with E-state index in [-0.39, 0.29) is 29.9 Å². The van der Waals surface area contributed by atoms with Gasteiger partial charge in [-0.05, 0) is 60.4 Å². The van der Waals surface area contributed by atoms with Crippen molar-refractivity contribution in [2.45, 2.75) is 58.0 Å². The number of nitrogens with one attached hydrogen (secondary N) is 1. The first kappa shape index (κ1) is 30.3. The Morgan fingerprint density at radius 2 is 1.26 bits per heavy atom. The molecule has 1 amide bonds. The van der Waals surface area contributed by atoms with Crippen molar-refractivity contribution in [2.24, 2.45) is 0 Å². The normalized spacial score (nSPS) is 11.8. The van der Waals surface area contributed by atoms with E-state index >= 15 is 0 Å². The lowest BCUT2D eigenvalue weighted by Crippen LogP contribution is -2.26. The van der Waals surface area contributed by atoms with Crippen LogP contribution in [0.1, 0.15) is 67.9 Å². The Morgan fingerprint density at radius 1 is 0.714 bits per heavy atom. The second-order valence-electron chi connectivity index (χ2n) is 10.7. The van der Waals surface area contributed by atoms with Crippen molar-refractivity contribution in [3.63, 3.8) is 0 Å². The van der Waals surface area contributed by atoms with Gasteiger partial charge < -0.3 is 14.8 Å². The molecule has 1 N–H and O–H groups in total. The summed E-state index contributed by atoms with van der Waals surface area (Å²) in [6.45, 7) is 6.20. The maximum Gasteiger partial charge on any atom is 0.306 e. The predicted octanol–water partition coefficient (Wildman–Crippen LogP) is 8.12. The topological polar surface area (TPSA) is 81.7 Å². The summed E-state index contributed by atoms with van der Waals surface area (Å²) < 4.78 is 11.4. The third-order valence-electron chi connectivity index (χ3n) is 7.23. The molecular formula is C36H37NO5. The van der Waals surface area contributed by atoms with Gasteiger partial charge in [-0.3, -0.25) is 14.4 Å². The van der Waals surface area contributed by atoms with Crippen LogP contribution >= 0.6 is 0 Å². The van der Waals surface area contributed by atoms with Crippen LogP contribution in [0.5, 0.6) is 11.5 Å². The molecule has 1 atom stereocenters. The number of carbonyl (C=O) groups is 3. The summed E-state index contributed by atoms with van der Waals surface area (Å²) in [5.41, 5.74) is 3.46. The first-order valence-corrected chi connectivity index (χ1v) is 14.3. The molecule has 0 aromatic heterocycles. The van der Waals surface area contributed by atoms with E-state index < -0.39 is 12.1 Å². The number of ketones is 1. The highest BCUT2D eigenvalue weighted by atomic mass is 16.5. The van der Waals surface area contributed by atoms with Crippen LogP contribution in [0.4, 0.5) is 5.69 Å². The SMILES string of the molecule is CCC(OC(=O)CCCC(=O)Nc1ccc(Oc2ccc(C(C)(C)c3ccccc3)cc2)cc1)C(=O)c1ccccc1. The maximum absolute atomic E-state index is 12.6. The minimum Gasteiger partial charge on any atom is -0.457 e. The molecule has 1 unspecified atom stereocenters. The number of benzene rings is 4. The number of hydrogen-bond donors (Lipinski definition) is 1. The highest BCUT2D eigenvalue weighted by molar-refractivity contribution is 6.00. The maximum atomic E-state index is 12.6. The van der Waals surface area contributed by atoms with E-state index in [9.17, 15) is 14.4 Å². The van der Waals surface area contributed by atoms with Crippen LogP contribution in [0.15, 0.2) is 109 Å². The van der Waals surface area contributed by atoms with Crippen molar-refractivity contribution in [3.8, 4) is 11.5 Å². The molecule has 0 aliphatic carbocycles. The first-order valence-electron chi connectivity index (χ1n) is 14.3. The molecule has 0 spiro atoms. The zero-order chi connectivity index (χ0) is 30.0. The first-order chi connectivity index (χ1) is 20.3. The lowest BCUT2D eigenvalue weighted by Gasteiger charge is -2.26. The Bertz CT molecular complexity index is 1460. The molecule has 42 heavy (non-hydrogen) atoms. The van der Waals surface area contributed by atoms with Crippen molar-refractivity contribution in [1.82, 2.24) is 0 Å². The number of ether oxygens (including phenoxy) is 2. The van der Waals surface area contributed by atoms with Gasteiger partial charge in [0.15, 0.2) is 6.10 Å². The summed E-state index contributed by atoms with van der Waals surface area (Å²) in [6, 6.07) is 34.4. The number of hydrogen-bond acceptors (Lipinski definition) is 5. The molecule has 4 aromatic carbocycles. The zero-order valence-corrected chi connectivity index (χ0v) is 24.3. The Hall–Kier alpha value is -4.71. The molecule has 4 aromatic rings. The summed E-state index contributed by atoms with van der Waals surface area (Å²) in [4.78, 5) is 37.3. The van der Waals surface area contributed by atoms with Crippen LogP contribution in [0, 0.1) is 0 Å². The summed E-state index contributed by atoms with van der Waals surface area (Å²) in [5.74, 6) is 0.460. The fraction of sp³-hybridized carbons (Fsp3) is 0.250. The van der Waals surface area contributed by atoms with Gasteiger partial charge >= 0.3 is 5.97 Å². The van der Waals surface area contributed by atoms with Gasteiger partial charge in [0.1, 0.15) is 11.5 Å². The molecule has 0 aliphatic heterocycles. The van der Waals surface area contributed by atoms with Crippen LogP contribution in [0.3, 0.4) is 0 Å². The minimum absolute atomic E-state index is 0.0556. The smallest absolute Gasteiger partial charge is 0.306 e. The zero-order valence-electron chi connectivity index (χ0n) is 24.3. The molecule has 216 valence electrons. The van der Waals surface area contributed by atoms with Crippen molar-refractivity contribution in [3.05, 3.63) is 126 Å². The van der Waals surface area contributed by atoms with Crippen molar-refractivity contribution < 1.29 is 23.9 Å². The molecule has 0 heterocycles. The third-order valence-corrected chi connectivity index (χ3v) is 7.23. The summed E-state index contributed by atoms with van der Waals surface area (Å²) in [6.07, 6.45) is 0.0901. The lowest BCUT2D eigenvalue weighted by atomic mass is 9.78. The summed E-state index contributed by atoms with van der Waals surface area (Å²) >= 11 is 0. The van der Waals surface area contributed by atoms with Gasteiger partial charge in [-0.25, -0.2) is 0 Å². The number of anilines is 1. The number of Topliss-reactive ketones (excluding diaryl/α,β-unsaturated/α-hetero) is 1. The van der Waals surface area contributed by atoms with Gasteiger partial charge in [0.25, 0.3) is 0 Å². The lowest BCUT2D eigenvalue weighted by molar-refractivity contribution is -0.147. The standard InChI is InChI=1S/C36H37NO5/c1-4-32(35(40)26-12-7-5-8-13-26)42-34(39)17-11-16-33(38)37-29-20-24-31(25-21-29)41-30-22-18-28(19-23-30)36(2,3)27-14-9-6-10-15-27/h5-10,12-15,18-25,32H,4,11,16-17H2,1-3H3,(H,37,38). The summed E-state index contributed by atoms with van der Waals surface area (Å²) in [5, 5.41) is 2.84. The second kappa shape index (κ2) is 14.3. The van der Waals surface area contributed by atoms with Gasteiger partial charge in [0, 0.05) is 29.5 Å². The minimum atomic E-state index is -0.825. The highest BCUT2D eigenvalue weighted by Gasteiger charge is 2.23. The largest absolute Gasteiger partial charge is 0.457 e. The Labute approximate surface area is 247 Å². The van der Waals surface area contributed by atoms with E-state index in [4.69, 9.17) is 9.47 Å². The fourth-order valence-corrected chi connectivity index (χ4v) is 4.65. The van der Waals surface area contributed by atoms with Crippen molar-refractivity contribution in [2.75, 3.05) is 5.32 Å². The van der Waals surface area contributed by atoms with E-state index in [1.54, 1.807) is 55.5 Å². The second-order valence-corrected chi connectivity index (χ2v) is 10.7. The quantitative estimate of drug-likeness (QED) is 0.131. The molecule has 6 nitrogen and oxygen atoms in total. The Morgan fingerprint density at radius 3 is 1.86 bits per heavy atom. The molecule has 0 fully saturated rings. The van der Waals surface area contributed by atoms with Crippen LogP contribution in [-0.2, 0) is 19.7 Å². The van der Waals surface area contributed by atoms with Gasteiger partial charge in [-0.15, -0.1) is 0 Å². The molecule has 0 radical (unpaired) electrons. The average Bonchev–Trinajstić information content (AvgIpc) is 3.01. The van der Waals surface area contributed by atoms with Crippen LogP contribution in [0.2, 0.25) is 0 Å². The van der Waals surface area contributed by atoms with Crippen LogP contribution in [-0.4, -0.2) is 23.8 Å². The highest BCUT2D eigenvalue weighted by Crippen LogP contribution is 2.33. The monoisotopic (exact) mass is 563 g/mol. The van der Waals surface area contributed by atoms with E-state index in [0.717, 1.165) is 5.75 Å². The molecule has 0 bridgehead atoms. The van der Waals surface area contributed by atoms with Crippen LogP contribution in [0.25, 0.3) is 0 Å². The molecule has 6 heteroatoms. The Kier molecular flexibility index (Phi) is 10.3. The number of amides is 1. The number of carbonyl (C=O) groups excluding carboxylic acids is 3. The molecule has 4 rings (SSSR count). The van der Waals surface area contributed by atoms with Crippen molar-refractivity contribution >= 4 is 23.3 Å². The Balaban J connectivity index is 1.21. The van der Waals surface area contributed by atoms with Gasteiger partial charge in [0.2, 0.25) is 11.7 Å². The van der Waals surface area contributed by atoms with Crippen LogP contribution < -0.4 is 10.1 Å². The van der Waals surface area contributed by atoms with Gasteiger partial charge in [-0.2, -0.15) is 0 Å². The van der Waals surface area contributed by atoms with E-state index in [0.29, 0.717) is 29.8 Å². The van der Waals surface area contributed by atoms with Crippen molar-refractivity contribution in [1.29, 1.82) is 0 Å². The molecule has 0 saturated heterocycles. The predicted molar refractivity (Wildman–Crippen MR) is 165 cm³/mol. The number of rotatable bonds is 13. The average molecular weight is 564 g/mol. The fourth-order valence-electron chi connectivity index (χ4n) is 4.65. The molecular weight excluding hydrogens is 526 g/mol.